The molecule has 1 atom stereocenters. The first-order valence-electron chi connectivity index (χ1n) is 7.04. The molecule has 0 heterocycles. The lowest BCUT2D eigenvalue weighted by molar-refractivity contribution is 0.419. The van der Waals surface area contributed by atoms with Gasteiger partial charge < -0.3 is 4.74 Å². The van der Waals surface area contributed by atoms with Crippen LogP contribution < -0.4 is 10.1 Å². The summed E-state index contributed by atoms with van der Waals surface area (Å²) in [5.74, 6) is 3.72. The van der Waals surface area contributed by atoms with Gasteiger partial charge in [-0.3, -0.25) is 5.32 Å². The minimum atomic E-state index is 0.140. The molecule has 0 amide bonds. The van der Waals surface area contributed by atoms with Crippen LogP contribution >= 0.6 is 0 Å². The highest BCUT2D eigenvalue weighted by Gasteiger charge is 2.08. The Morgan fingerprint density at radius 1 is 1.20 bits per heavy atom. The number of ether oxygens (including phenoxy) is 1. The lowest BCUT2D eigenvalue weighted by Gasteiger charge is -2.14. The highest BCUT2D eigenvalue weighted by atomic mass is 16.5. The Kier molecular flexibility index (Phi) is 5.03. The fourth-order valence-electron chi connectivity index (χ4n) is 2.43. The van der Waals surface area contributed by atoms with Gasteiger partial charge in [0.25, 0.3) is 0 Å². The van der Waals surface area contributed by atoms with Crippen molar-refractivity contribution in [2.24, 2.45) is 0 Å². The number of benzene rings is 2. The number of terminal acetylenes is 1. The van der Waals surface area contributed by atoms with E-state index >= 15 is 0 Å². The second-order valence-corrected chi connectivity index (χ2v) is 4.86. The van der Waals surface area contributed by atoms with Crippen LogP contribution in [0, 0.1) is 12.3 Å². The number of methoxy groups -OCH3 is 1. The molecule has 1 N–H and O–H groups in total. The Hall–Kier alpha value is -1.98. The second kappa shape index (κ2) is 6.98. The van der Waals surface area contributed by atoms with Crippen molar-refractivity contribution < 1.29 is 4.74 Å². The molecule has 0 radical (unpaired) electrons. The van der Waals surface area contributed by atoms with E-state index in [9.17, 15) is 0 Å². The predicted octanol–water partition coefficient (Wildman–Crippen LogP) is 3.74. The van der Waals surface area contributed by atoms with Crippen LogP contribution in [-0.2, 0) is 6.54 Å². The molecule has 0 saturated heterocycles. The van der Waals surface area contributed by atoms with Crippen LogP contribution in [0.1, 0.15) is 25.3 Å². The summed E-state index contributed by atoms with van der Waals surface area (Å²) in [7, 11) is 1.70. The Morgan fingerprint density at radius 2 is 1.95 bits per heavy atom. The molecule has 0 aliphatic carbocycles. The van der Waals surface area contributed by atoms with E-state index in [1.54, 1.807) is 7.11 Å². The molecule has 0 bridgehead atoms. The topological polar surface area (TPSA) is 21.3 Å². The average Bonchev–Trinajstić information content (AvgIpc) is 2.51. The minimum absolute atomic E-state index is 0.140. The van der Waals surface area contributed by atoms with Crippen molar-refractivity contribution in [2.75, 3.05) is 7.11 Å². The van der Waals surface area contributed by atoms with Crippen LogP contribution in [-0.4, -0.2) is 13.2 Å². The van der Waals surface area contributed by atoms with Gasteiger partial charge in [-0.1, -0.05) is 49.6 Å². The lowest BCUT2D eigenvalue weighted by atomic mass is 10.0. The zero-order valence-electron chi connectivity index (χ0n) is 12.1. The standard InChI is InChI=1S/C18H21NO/c1-4-8-15(5-2)19-13-14-11-12-18(20-3)17-10-7-6-9-16(14)17/h2,6-7,9-12,15,19H,4,8,13H2,1,3H3. The summed E-state index contributed by atoms with van der Waals surface area (Å²) in [6.45, 7) is 2.92. The molecule has 2 aromatic carbocycles. The summed E-state index contributed by atoms with van der Waals surface area (Å²) < 4.78 is 5.42. The van der Waals surface area contributed by atoms with Gasteiger partial charge in [0, 0.05) is 11.9 Å². The normalized spacial score (nSPS) is 12.1. The van der Waals surface area contributed by atoms with Crippen LogP contribution in [0.15, 0.2) is 36.4 Å². The van der Waals surface area contributed by atoms with E-state index in [1.807, 2.05) is 12.1 Å². The summed E-state index contributed by atoms with van der Waals surface area (Å²) in [4.78, 5) is 0. The van der Waals surface area contributed by atoms with Crippen molar-refractivity contribution in [1.82, 2.24) is 5.32 Å². The van der Waals surface area contributed by atoms with Gasteiger partial charge in [0.1, 0.15) is 5.75 Å². The van der Waals surface area contributed by atoms with E-state index in [1.165, 1.54) is 10.9 Å². The third-order valence-electron chi connectivity index (χ3n) is 3.51. The molecule has 0 saturated carbocycles. The monoisotopic (exact) mass is 267 g/mol. The second-order valence-electron chi connectivity index (χ2n) is 4.86. The van der Waals surface area contributed by atoms with Crippen molar-refractivity contribution in [3.05, 3.63) is 42.0 Å². The molecule has 1 unspecified atom stereocenters. The van der Waals surface area contributed by atoms with E-state index in [2.05, 4.69) is 42.4 Å². The smallest absolute Gasteiger partial charge is 0.126 e. The van der Waals surface area contributed by atoms with Crippen molar-refractivity contribution in [3.63, 3.8) is 0 Å². The van der Waals surface area contributed by atoms with Gasteiger partial charge in [0.15, 0.2) is 0 Å². The van der Waals surface area contributed by atoms with Gasteiger partial charge >= 0.3 is 0 Å². The summed E-state index contributed by atoms with van der Waals surface area (Å²) in [6, 6.07) is 12.6. The molecule has 0 fully saturated rings. The molecule has 2 rings (SSSR count). The molecule has 2 heteroatoms. The molecule has 0 aliphatic heterocycles. The van der Waals surface area contributed by atoms with Crippen LogP contribution in [0.4, 0.5) is 0 Å². The molecule has 0 aliphatic rings. The maximum atomic E-state index is 5.55. The number of fused-ring (bicyclic) bond motifs is 1. The summed E-state index contributed by atoms with van der Waals surface area (Å²) in [6.07, 6.45) is 7.64. The number of hydrogen-bond donors (Lipinski definition) is 1. The van der Waals surface area contributed by atoms with Crippen LogP contribution in [0.3, 0.4) is 0 Å². The molecule has 104 valence electrons. The predicted molar refractivity (Wildman–Crippen MR) is 84.9 cm³/mol. The fraction of sp³-hybridized carbons (Fsp3) is 0.333. The van der Waals surface area contributed by atoms with Crippen molar-refractivity contribution in [2.45, 2.75) is 32.4 Å². The summed E-state index contributed by atoms with van der Waals surface area (Å²) >= 11 is 0. The maximum absolute atomic E-state index is 5.55. The molecule has 20 heavy (non-hydrogen) atoms. The SMILES string of the molecule is C#CC(CCC)NCc1ccc(OC)c2ccccc12. The first kappa shape index (κ1) is 14.4. The molecular formula is C18H21NO. The van der Waals surface area contributed by atoms with Crippen molar-refractivity contribution in [1.29, 1.82) is 0 Å². The molecule has 2 aromatic rings. The fourth-order valence-corrected chi connectivity index (χ4v) is 2.43. The lowest BCUT2D eigenvalue weighted by Crippen LogP contribution is -2.26. The van der Waals surface area contributed by atoms with Gasteiger partial charge in [-0.2, -0.15) is 0 Å². The van der Waals surface area contributed by atoms with Crippen molar-refractivity contribution >= 4 is 10.8 Å². The van der Waals surface area contributed by atoms with Crippen LogP contribution in [0.2, 0.25) is 0 Å². The van der Waals surface area contributed by atoms with Crippen molar-refractivity contribution in [3.8, 4) is 18.1 Å². The number of hydrogen-bond acceptors (Lipinski definition) is 2. The van der Waals surface area contributed by atoms with Crippen LogP contribution in [0.25, 0.3) is 10.8 Å². The summed E-state index contributed by atoms with van der Waals surface area (Å²) in [5, 5.41) is 5.79. The summed E-state index contributed by atoms with van der Waals surface area (Å²) in [5.41, 5.74) is 1.25. The van der Waals surface area contributed by atoms with Gasteiger partial charge in [0.05, 0.1) is 13.2 Å². The number of rotatable bonds is 6. The van der Waals surface area contributed by atoms with E-state index in [-0.39, 0.29) is 6.04 Å². The Balaban J connectivity index is 2.25. The first-order chi connectivity index (χ1) is 9.80. The highest BCUT2D eigenvalue weighted by Crippen LogP contribution is 2.28. The van der Waals surface area contributed by atoms with Gasteiger partial charge in [0.2, 0.25) is 0 Å². The Labute approximate surface area is 121 Å². The Morgan fingerprint density at radius 3 is 2.60 bits per heavy atom. The molecule has 0 aromatic heterocycles. The van der Waals surface area contributed by atoms with Gasteiger partial charge in [-0.15, -0.1) is 6.42 Å². The Bertz CT molecular complexity index is 612. The zero-order valence-corrected chi connectivity index (χ0v) is 12.1. The van der Waals surface area contributed by atoms with E-state index in [0.29, 0.717) is 0 Å². The zero-order chi connectivity index (χ0) is 14.4. The third kappa shape index (κ3) is 3.12. The van der Waals surface area contributed by atoms with Gasteiger partial charge in [-0.05, 0) is 23.4 Å². The van der Waals surface area contributed by atoms with Crippen LogP contribution in [0.5, 0.6) is 5.75 Å². The first-order valence-corrected chi connectivity index (χ1v) is 7.04. The maximum Gasteiger partial charge on any atom is 0.126 e. The molecule has 0 spiro atoms. The largest absolute Gasteiger partial charge is 0.496 e. The van der Waals surface area contributed by atoms with Gasteiger partial charge in [-0.25, -0.2) is 0 Å². The number of nitrogens with one attached hydrogen (secondary N) is 1. The van der Waals surface area contributed by atoms with E-state index < -0.39 is 0 Å². The highest BCUT2D eigenvalue weighted by molar-refractivity contribution is 5.91. The van der Waals surface area contributed by atoms with E-state index in [0.717, 1.165) is 30.5 Å². The average molecular weight is 267 g/mol. The third-order valence-corrected chi connectivity index (χ3v) is 3.51. The molecular weight excluding hydrogens is 246 g/mol. The quantitative estimate of drug-likeness (QED) is 0.805. The minimum Gasteiger partial charge on any atom is -0.496 e. The van der Waals surface area contributed by atoms with E-state index in [4.69, 9.17) is 11.2 Å². The molecule has 2 nitrogen and oxygen atoms in total.